The van der Waals surface area contributed by atoms with Crippen molar-refractivity contribution >= 4 is 0 Å². The third-order valence-corrected chi connectivity index (χ3v) is 6.91. The van der Waals surface area contributed by atoms with Crippen molar-refractivity contribution in [3.63, 3.8) is 0 Å². The second-order valence-corrected chi connectivity index (χ2v) is 8.94. The van der Waals surface area contributed by atoms with E-state index in [1.54, 1.807) is 0 Å². The van der Waals surface area contributed by atoms with Crippen molar-refractivity contribution in [3.05, 3.63) is 0 Å². The maximum Gasteiger partial charge on any atom is 0.0591 e. The van der Waals surface area contributed by atoms with Crippen molar-refractivity contribution in [1.29, 1.82) is 0 Å². The third-order valence-electron chi connectivity index (χ3n) is 6.91. The van der Waals surface area contributed by atoms with Gasteiger partial charge in [-0.25, -0.2) is 0 Å². The summed E-state index contributed by atoms with van der Waals surface area (Å²) < 4.78 is 0. The summed E-state index contributed by atoms with van der Waals surface area (Å²) in [5.74, 6) is 2.61. The van der Waals surface area contributed by atoms with E-state index in [1.165, 1.54) is 25.7 Å². The number of hydrogen-bond donors (Lipinski definition) is 2. The summed E-state index contributed by atoms with van der Waals surface area (Å²) in [7, 11) is 0. The predicted molar refractivity (Wildman–Crippen MR) is 88.0 cm³/mol. The highest BCUT2D eigenvalue weighted by atomic mass is 16.3. The fraction of sp³-hybridized carbons (Fsp3) is 1.00. The smallest absolute Gasteiger partial charge is 0.0591 e. The molecule has 0 unspecified atom stereocenters. The van der Waals surface area contributed by atoms with Gasteiger partial charge in [-0.15, -0.1) is 0 Å². The molecule has 0 aliphatic heterocycles. The average Bonchev–Trinajstić information content (AvgIpc) is 2.73. The molecule has 0 spiro atoms. The van der Waals surface area contributed by atoms with Crippen LogP contribution in [0.25, 0.3) is 0 Å². The molecule has 0 saturated heterocycles. The normalized spacial score (nSPS) is 39.9. The molecule has 124 valence electrons. The van der Waals surface area contributed by atoms with Crippen molar-refractivity contribution in [2.75, 3.05) is 0 Å². The topological polar surface area (TPSA) is 40.5 Å². The Kier molecular flexibility index (Phi) is 5.10. The summed E-state index contributed by atoms with van der Waals surface area (Å²) in [4.78, 5) is 0. The maximum absolute atomic E-state index is 10.4. The first-order valence-corrected chi connectivity index (χ1v) is 9.05. The summed E-state index contributed by atoms with van der Waals surface area (Å²) >= 11 is 0. The fourth-order valence-corrected chi connectivity index (χ4v) is 5.29. The Morgan fingerprint density at radius 3 is 2.48 bits per heavy atom. The molecule has 0 radical (unpaired) electrons. The Hall–Kier alpha value is -0.0800. The molecule has 0 amide bonds. The van der Waals surface area contributed by atoms with E-state index >= 15 is 0 Å². The predicted octanol–water partition coefficient (Wildman–Crippen LogP) is 4.39. The number of fused-ring (bicyclic) bond motifs is 1. The van der Waals surface area contributed by atoms with Gasteiger partial charge in [0.2, 0.25) is 0 Å². The van der Waals surface area contributed by atoms with Crippen LogP contribution in [-0.4, -0.2) is 21.9 Å². The van der Waals surface area contributed by atoms with Gasteiger partial charge in [0.25, 0.3) is 0 Å². The van der Waals surface area contributed by atoms with Gasteiger partial charge in [-0.3, -0.25) is 0 Å². The molecule has 2 nitrogen and oxygen atoms in total. The molecule has 6 atom stereocenters. The average molecular weight is 296 g/mol. The molecule has 21 heavy (non-hydrogen) atoms. The number of hydrogen-bond acceptors (Lipinski definition) is 2. The van der Waals surface area contributed by atoms with Crippen LogP contribution in [0.5, 0.6) is 0 Å². The summed E-state index contributed by atoms with van der Waals surface area (Å²) in [6, 6.07) is 0. The third kappa shape index (κ3) is 3.64. The van der Waals surface area contributed by atoms with E-state index in [9.17, 15) is 10.2 Å². The van der Waals surface area contributed by atoms with Gasteiger partial charge < -0.3 is 10.2 Å². The Balaban J connectivity index is 2.00. The molecule has 2 saturated carbocycles. The minimum atomic E-state index is -0.545. The van der Waals surface area contributed by atoms with E-state index in [0.717, 1.165) is 25.2 Å². The summed E-state index contributed by atoms with van der Waals surface area (Å²) in [5, 5.41) is 20.3. The highest BCUT2D eigenvalue weighted by molar-refractivity contribution is 5.02. The van der Waals surface area contributed by atoms with Crippen LogP contribution in [0, 0.1) is 29.1 Å². The highest BCUT2D eigenvalue weighted by Crippen LogP contribution is 2.58. The van der Waals surface area contributed by atoms with Crippen molar-refractivity contribution in [2.24, 2.45) is 29.1 Å². The standard InChI is InChI=1S/C19H36O2/c1-13(10-12-18(3,4)21)14(2)15-8-9-16-17(20)7-6-11-19(15,16)5/h13-17,20-21H,6-12H2,1-5H3/t13-,14+,15+,16-,17-,19+/m0/s1. The highest BCUT2D eigenvalue weighted by Gasteiger charge is 2.52. The molecule has 2 fully saturated rings. The van der Waals surface area contributed by atoms with Crippen LogP contribution in [0.15, 0.2) is 0 Å². The van der Waals surface area contributed by atoms with Gasteiger partial charge in [-0.2, -0.15) is 0 Å². The molecular formula is C19H36O2. The Labute approximate surface area is 131 Å². The van der Waals surface area contributed by atoms with Gasteiger partial charge in [0.15, 0.2) is 0 Å². The van der Waals surface area contributed by atoms with Gasteiger partial charge >= 0.3 is 0 Å². The van der Waals surface area contributed by atoms with Gasteiger partial charge in [0, 0.05) is 0 Å². The minimum Gasteiger partial charge on any atom is -0.393 e. The second kappa shape index (κ2) is 6.20. The molecule has 0 aromatic carbocycles. The summed E-state index contributed by atoms with van der Waals surface area (Å²) in [5.41, 5.74) is -0.197. The lowest BCUT2D eigenvalue weighted by Gasteiger charge is -2.46. The monoisotopic (exact) mass is 296 g/mol. The Bertz CT molecular complexity index is 346. The number of aliphatic hydroxyl groups excluding tert-OH is 1. The summed E-state index contributed by atoms with van der Waals surface area (Å²) in [6.45, 7) is 11.0. The fourth-order valence-electron chi connectivity index (χ4n) is 5.29. The molecule has 2 heteroatoms. The lowest BCUT2D eigenvalue weighted by molar-refractivity contribution is -0.0337. The minimum absolute atomic E-state index is 0.0624. The second-order valence-electron chi connectivity index (χ2n) is 8.94. The molecule has 0 bridgehead atoms. The van der Waals surface area contributed by atoms with Crippen LogP contribution in [0.2, 0.25) is 0 Å². The van der Waals surface area contributed by atoms with Crippen LogP contribution in [-0.2, 0) is 0 Å². The Morgan fingerprint density at radius 2 is 1.86 bits per heavy atom. The summed E-state index contributed by atoms with van der Waals surface area (Å²) in [6.07, 6.45) is 7.91. The lowest BCUT2D eigenvalue weighted by Crippen LogP contribution is -2.42. The molecule has 0 heterocycles. The first-order chi connectivity index (χ1) is 9.65. The van der Waals surface area contributed by atoms with Gasteiger partial charge in [-0.1, -0.05) is 27.2 Å². The van der Waals surface area contributed by atoms with Crippen LogP contribution in [0.4, 0.5) is 0 Å². The molecule has 0 aromatic rings. The SMILES string of the molecule is C[C@@H]([C@H]1CC[C@H]2[C@@H](O)CCC[C@]12C)[C@@H](C)CCC(C)(C)O. The molecule has 0 aromatic heterocycles. The van der Waals surface area contributed by atoms with Crippen LogP contribution < -0.4 is 0 Å². The molecular weight excluding hydrogens is 260 g/mol. The zero-order valence-electron chi connectivity index (χ0n) is 14.7. The first kappa shape index (κ1) is 17.3. The van der Waals surface area contributed by atoms with Crippen LogP contribution >= 0.6 is 0 Å². The Morgan fingerprint density at radius 1 is 1.19 bits per heavy atom. The van der Waals surface area contributed by atoms with E-state index in [0.29, 0.717) is 23.2 Å². The van der Waals surface area contributed by atoms with Gasteiger partial charge in [-0.05, 0) is 81.5 Å². The van der Waals surface area contributed by atoms with Gasteiger partial charge in [0.1, 0.15) is 0 Å². The lowest BCUT2D eigenvalue weighted by atomic mass is 9.60. The molecule has 2 rings (SSSR count). The molecule has 2 aliphatic rings. The quantitative estimate of drug-likeness (QED) is 0.790. The molecule has 2 aliphatic carbocycles. The van der Waals surface area contributed by atoms with Crippen molar-refractivity contribution in [1.82, 2.24) is 0 Å². The van der Waals surface area contributed by atoms with Crippen molar-refractivity contribution in [3.8, 4) is 0 Å². The van der Waals surface area contributed by atoms with Crippen LogP contribution in [0.1, 0.15) is 79.6 Å². The maximum atomic E-state index is 10.4. The van der Waals surface area contributed by atoms with Gasteiger partial charge in [0.05, 0.1) is 11.7 Å². The zero-order chi connectivity index (χ0) is 15.8. The van der Waals surface area contributed by atoms with E-state index in [-0.39, 0.29) is 6.10 Å². The number of aliphatic hydroxyl groups is 2. The van der Waals surface area contributed by atoms with E-state index in [1.807, 2.05) is 13.8 Å². The largest absolute Gasteiger partial charge is 0.393 e. The molecule has 2 N–H and O–H groups in total. The number of rotatable bonds is 5. The van der Waals surface area contributed by atoms with E-state index in [2.05, 4.69) is 20.8 Å². The first-order valence-electron chi connectivity index (χ1n) is 9.05. The van der Waals surface area contributed by atoms with E-state index < -0.39 is 5.60 Å². The zero-order valence-corrected chi connectivity index (χ0v) is 14.7. The van der Waals surface area contributed by atoms with Crippen molar-refractivity contribution in [2.45, 2.75) is 91.3 Å². The van der Waals surface area contributed by atoms with Crippen LogP contribution in [0.3, 0.4) is 0 Å². The van der Waals surface area contributed by atoms with Crippen molar-refractivity contribution < 1.29 is 10.2 Å². The van der Waals surface area contributed by atoms with E-state index in [4.69, 9.17) is 0 Å².